The lowest BCUT2D eigenvalue weighted by Crippen LogP contribution is -2.32. The van der Waals surface area contributed by atoms with Crippen molar-refractivity contribution in [2.45, 2.75) is 45.6 Å². The van der Waals surface area contributed by atoms with Gasteiger partial charge in [-0.1, -0.05) is 49.6 Å². The van der Waals surface area contributed by atoms with Crippen molar-refractivity contribution in [1.82, 2.24) is 5.43 Å². The third-order valence-corrected chi connectivity index (χ3v) is 4.21. The van der Waals surface area contributed by atoms with Crippen LogP contribution in [0.2, 0.25) is 0 Å². The lowest BCUT2D eigenvalue weighted by atomic mass is 9.90. The molecule has 3 unspecified atom stereocenters. The van der Waals surface area contributed by atoms with Crippen molar-refractivity contribution in [3.63, 3.8) is 0 Å². The van der Waals surface area contributed by atoms with Crippen LogP contribution in [0.1, 0.15) is 49.8 Å². The van der Waals surface area contributed by atoms with Gasteiger partial charge in [0.05, 0.1) is 0 Å². The molecule has 0 bridgehead atoms. The van der Waals surface area contributed by atoms with Crippen LogP contribution in [0.4, 0.5) is 0 Å². The predicted molar refractivity (Wildman–Crippen MR) is 72.4 cm³/mol. The van der Waals surface area contributed by atoms with E-state index in [0.29, 0.717) is 12.0 Å². The van der Waals surface area contributed by atoms with Gasteiger partial charge in [-0.15, -0.1) is 0 Å². The van der Waals surface area contributed by atoms with Gasteiger partial charge in [-0.05, 0) is 37.2 Å². The molecule has 0 amide bonds. The van der Waals surface area contributed by atoms with Crippen molar-refractivity contribution in [3.8, 4) is 0 Å². The maximum atomic E-state index is 5.77. The molecular formula is C15H24N2. The number of hydrogen-bond donors (Lipinski definition) is 2. The summed E-state index contributed by atoms with van der Waals surface area (Å²) in [6.07, 6.45) is 5.30. The Bertz CT molecular complexity index is 362. The Kier molecular flexibility index (Phi) is 4.19. The number of nitrogens with two attached hydrogens (primary N) is 1. The van der Waals surface area contributed by atoms with E-state index in [4.69, 9.17) is 5.84 Å². The monoisotopic (exact) mass is 232 g/mol. The van der Waals surface area contributed by atoms with E-state index in [9.17, 15) is 0 Å². The van der Waals surface area contributed by atoms with Crippen LogP contribution in [-0.4, -0.2) is 0 Å². The Hall–Kier alpha value is -0.860. The summed E-state index contributed by atoms with van der Waals surface area (Å²) in [7, 11) is 0. The fourth-order valence-electron chi connectivity index (χ4n) is 3.16. The normalized spacial score (nSPS) is 26.1. The summed E-state index contributed by atoms with van der Waals surface area (Å²) in [5.74, 6) is 7.38. The van der Waals surface area contributed by atoms with Crippen LogP contribution in [0.3, 0.4) is 0 Å². The smallest absolute Gasteiger partial charge is 0.0488 e. The fourth-order valence-corrected chi connectivity index (χ4v) is 3.16. The number of rotatable bonds is 4. The molecule has 3 N–H and O–H groups in total. The molecule has 0 aromatic heterocycles. The molecule has 0 aliphatic heterocycles. The minimum Gasteiger partial charge on any atom is -0.271 e. The molecule has 1 fully saturated rings. The Morgan fingerprint density at radius 1 is 1.41 bits per heavy atom. The quantitative estimate of drug-likeness (QED) is 0.617. The van der Waals surface area contributed by atoms with Crippen molar-refractivity contribution in [2.24, 2.45) is 17.7 Å². The molecule has 0 spiro atoms. The zero-order chi connectivity index (χ0) is 12.3. The van der Waals surface area contributed by atoms with Crippen molar-refractivity contribution in [2.75, 3.05) is 0 Å². The Labute approximate surface area is 105 Å². The van der Waals surface area contributed by atoms with E-state index >= 15 is 0 Å². The standard InChI is InChI=1S/C15H24N2/c1-3-12-7-8-14(10-12)15(17-16)13-6-4-5-11(2)9-13/h4-6,9,12,14-15,17H,3,7-8,10,16H2,1-2H3. The summed E-state index contributed by atoms with van der Waals surface area (Å²) in [6, 6.07) is 9.04. The first-order chi connectivity index (χ1) is 8.24. The van der Waals surface area contributed by atoms with Crippen LogP contribution in [0.15, 0.2) is 24.3 Å². The SMILES string of the molecule is CCC1CCC(C(NN)c2cccc(C)c2)C1. The third kappa shape index (κ3) is 2.88. The molecule has 3 atom stereocenters. The van der Waals surface area contributed by atoms with Gasteiger partial charge in [-0.2, -0.15) is 0 Å². The first kappa shape index (κ1) is 12.6. The molecule has 0 radical (unpaired) electrons. The van der Waals surface area contributed by atoms with Crippen LogP contribution in [0.25, 0.3) is 0 Å². The van der Waals surface area contributed by atoms with Gasteiger partial charge in [-0.25, -0.2) is 0 Å². The minimum atomic E-state index is 0.325. The van der Waals surface area contributed by atoms with Crippen LogP contribution >= 0.6 is 0 Å². The van der Waals surface area contributed by atoms with E-state index in [0.717, 1.165) is 5.92 Å². The molecule has 1 aliphatic carbocycles. The van der Waals surface area contributed by atoms with Gasteiger partial charge in [0, 0.05) is 6.04 Å². The molecule has 17 heavy (non-hydrogen) atoms. The summed E-state index contributed by atoms with van der Waals surface area (Å²) >= 11 is 0. The molecule has 0 heterocycles. The van der Waals surface area contributed by atoms with E-state index in [1.165, 1.54) is 36.8 Å². The van der Waals surface area contributed by atoms with Crippen molar-refractivity contribution >= 4 is 0 Å². The molecule has 2 rings (SSSR count). The van der Waals surface area contributed by atoms with Gasteiger partial charge in [0.1, 0.15) is 0 Å². The fraction of sp³-hybridized carbons (Fsp3) is 0.600. The van der Waals surface area contributed by atoms with Crippen LogP contribution in [-0.2, 0) is 0 Å². The topological polar surface area (TPSA) is 38.0 Å². The van der Waals surface area contributed by atoms with E-state index in [1.54, 1.807) is 0 Å². The third-order valence-electron chi connectivity index (χ3n) is 4.21. The number of benzene rings is 1. The van der Waals surface area contributed by atoms with Crippen LogP contribution in [0, 0.1) is 18.8 Å². The maximum Gasteiger partial charge on any atom is 0.0488 e. The summed E-state index contributed by atoms with van der Waals surface area (Å²) in [6.45, 7) is 4.44. The maximum absolute atomic E-state index is 5.77. The summed E-state index contributed by atoms with van der Waals surface area (Å²) in [5.41, 5.74) is 5.69. The molecule has 1 aliphatic rings. The number of nitrogens with one attached hydrogen (secondary N) is 1. The summed E-state index contributed by atoms with van der Waals surface area (Å²) < 4.78 is 0. The molecular weight excluding hydrogens is 208 g/mol. The van der Waals surface area contributed by atoms with Gasteiger partial charge in [0.25, 0.3) is 0 Å². The minimum absolute atomic E-state index is 0.325. The van der Waals surface area contributed by atoms with Gasteiger partial charge >= 0.3 is 0 Å². The lowest BCUT2D eigenvalue weighted by molar-refractivity contribution is 0.358. The Balaban J connectivity index is 2.11. The molecule has 2 nitrogen and oxygen atoms in total. The van der Waals surface area contributed by atoms with Crippen molar-refractivity contribution in [1.29, 1.82) is 0 Å². The molecule has 2 heteroatoms. The molecule has 1 aromatic carbocycles. The van der Waals surface area contributed by atoms with Gasteiger partial charge < -0.3 is 0 Å². The first-order valence-corrected chi connectivity index (χ1v) is 6.77. The van der Waals surface area contributed by atoms with Crippen molar-refractivity contribution in [3.05, 3.63) is 35.4 Å². The average molecular weight is 232 g/mol. The molecule has 1 aromatic rings. The van der Waals surface area contributed by atoms with E-state index in [1.807, 2.05) is 0 Å². The van der Waals surface area contributed by atoms with Gasteiger partial charge in [0.2, 0.25) is 0 Å². The highest BCUT2D eigenvalue weighted by Gasteiger charge is 2.30. The lowest BCUT2D eigenvalue weighted by Gasteiger charge is -2.23. The molecule has 1 saturated carbocycles. The van der Waals surface area contributed by atoms with Crippen LogP contribution in [0.5, 0.6) is 0 Å². The zero-order valence-corrected chi connectivity index (χ0v) is 10.9. The largest absolute Gasteiger partial charge is 0.271 e. The number of aryl methyl sites for hydroxylation is 1. The van der Waals surface area contributed by atoms with Crippen LogP contribution < -0.4 is 11.3 Å². The summed E-state index contributed by atoms with van der Waals surface area (Å²) in [5, 5.41) is 0. The Morgan fingerprint density at radius 3 is 2.82 bits per heavy atom. The predicted octanol–water partition coefficient (Wildman–Crippen LogP) is 3.33. The second-order valence-electron chi connectivity index (χ2n) is 5.41. The highest BCUT2D eigenvalue weighted by Crippen LogP contribution is 2.40. The Morgan fingerprint density at radius 2 is 2.24 bits per heavy atom. The molecule has 0 saturated heterocycles. The highest BCUT2D eigenvalue weighted by atomic mass is 15.2. The van der Waals surface area contributed by atoms with E-state index in [-0.39, 0.29) is 0 Å². The van der Waals surface area contributed by atoms with Crippen molar-refractivity contribution < 1.29 is 0 Å². The second-order valence-corrected chi connectivity index (χ2v) is 5.41. The summed E-state index contributed by atoms with van der Waals surface area (Å²) in [4.78, 5) is 0. The van der Waals surface area contributed by atoms with E-state index in [2.05, 4.69) is 43.5 Å². The second kappa shape index (κ2) is 5.65. The highest BCUT2D eigenvalue weighted by molar-refractivity contribution is 5.25. The first-order valence-electron chi connectivity index (χ1n) is 6.77. The van der Waals surface area contributed by atoms with E-state index < -0.39 is 0 Å². The number of hydrazine groups is 1. The average Bonchev–Trinajstić information content (AvgIpc) is 2.79. The molecule has 94 valence electrons. The van der Waals surface area contributed by atoms with Gasteiger partial charge in [-0.3, -0.25) is 11.3 Å². The number of hydrogen-bond acceptors (Lipinski definition) is 2. The van der Waals surface area contributed by atoms with Gasteiger partial charge in [0.15, 0.2) is 0 Å². The zero-order valence-electron chi connectivity index (χ0n) is 10.9.